The van der Waals surface area contributed by atoms with Crippen molar-refractivity contribution in [2.75, 3.05) is 53.4 Å². The minimum absolute atomic E-state index is 0.0505. The van der Waals surface area contributed by atoms with Crippen molar-refractivity contribution in [3.63, 3.8) is 0 Å². The standard InChI is InChI=1S/C26H30F4N2O3.C17H26N2/c1-18(15-19-7-4-3-5-8-19)17-32(14-12-21-9-6-13-31(21)2)24(33)20-10-11-22(34-25(27)28)23(16-20)35-26(29)30;1-15(13-16-7-4-3-5-8-16)14-18-11-10-17-9-6-12-19(17)2/h3-5,7-8,10-11,15-16,21,25-26H,6,9,12-14,17H2,1-2H3;3-5,7-8,13,17-18H,6,9-12,14H2,1-2H3/b18-15+;15-13+. The van der Waals surface area contributed by atoms with Crippen molar-refractivity contribution >= 4 is 18.1 Å². The Labute approximate surface area is 318 Å². The van der Waals surface area contributed by atoms with E-state index in [1.165, 1.54) is 43.0 Å². The highest BCUT2D eigenvalue weighted by Crippen LogP contribution is 2.32. The van der Waals surface area contributed by atoms with E-state index in [9.17, 15) is 22.4 Å². The van der Waals surface area contributed by atoms with Gasteiger partial charge in [0.15, 0.2) is 11.5 Å². The lowest BCUT2D eigenvalue weighted by Gasteiger charge is -2.27. The highest BCUT2D eigenvalue weighted by molar-refractivity contribution is 5.95. The van der Waals surface area contributed by atoms with E-state index in [2.05, 4.69) is 82.0 Å². The van der Waals surface area contributed by atoms with Gasteiger partial charge in [0.1, 0.15) is 0 Å². The molecule has 2 aliphatic heterocycles. The molecule has 2 fully saturated rings. The summed E-state index contributed by atoms with van der Waals surface area (Å²) in [6.45, 7) is 2.80. The van der Waals surface area contributed by atoms with Crippen molar-refractivity contribution in [1.82, 2.24) is 20.0 Å². The van der Waals surface area contributed by atoms with Gasteiger partial charge in [-0.05, 0) is 115 Å². The summed E-state index contributed by atoms with van der Waals surface area (Å²) in [6.07, 6.45) is 11.2. The summed E-state index contributed by atoms with van der Waals surface area (Å²) in [4.78, 5) is 19.9. The van der Waals surface area contributed by atoms with Crippen molar-refractivity contribution in [3.8, 4) is 11.5 Å². The molecule has 3 aromatic rings. The van der Waals surface area contributed by atoms with Crippen LogP contribution in [0.1, 0.15) is 73.9 Å². The average molecular weight is 753 g/mol. The number of carbonyl (C=O) groups excluding carboxylic acids is 1. The number of amides is 1. The van der Waals surface area contributed by atoms with Gasteiger partial charge in [-0.2, -0.15) is 17.6 Å². The maximum Gasteiger partial charge on any atom is 0.387 e. The second-order valence-corrected chi connectivity index (χ2v) is 14.3. The van der Waals surface area contributed by atoms with E-state index in [0.717, 1.165) is 68.2 Å². The normalized spacial score (nSPS) is 18.2. The van der Waals surface area contributed by atoms with Gasteiger partial charge in [-0.3, -0.25) is 4.79 Å². The van der Waals surface area contributed by atoms with E-state index in [1.807, 2.05) is 43.3 Å². The predicted octanol–water partition coefficient (Wildman–Crippen LogP) is 9.08. The molecule has 7 nitrogen and oxygen atoms in total. The van der Waals surface area contributed by atoms with E-state index in [1.54, 1.807) is 4.90 Å². The van der Waals surface area contributed by atoms with Crippen LogP contribution in [0.15, 0.2) is 90.0 Å². The number of nitrogens with zero attached hydrogens (tertiary/aromatic N) is 3. The van der Waals surface area contributed by atoms with Crippen LogP contribution in [-0.2, 0) is 0 Å². The van der Waals surface area contributed by atoms with Gasteiger partial charge < -0.3 is 29.5 Å². The lowest BCUT2D eigenvalue weighted by atomic mass is 10.1. The van der Waals surface area contributed by atoms with Crippen LogP contribution in [0.4, 0.5) is 17.6 Å². The topological polar surface area (TPSA) is 57.3 Å². The Morgan fingerprint density at radius 2 is 1.31 bits per heavy atom. The lowest BCUT2D eigenvalue weighted by Crippen LogP contribution is -2.37. The molecule has 2 unspecified atom stereocenters. The number of hydrogen-bond acceptors (Lipinski definition) is 6. The van der Waals surface area contributed by atoms with Crippen molar-refractivity contribution < 1.29 is 31.8 Å². The largest absolute Gasteiger partial charge is 0.431 e. The Morgan fingerprint density at radius 1 is 0.778 bits per heavy atom. The van der Waals surface area contributed by atoms with E-state index < -0.39 is 30.6 Å². The highest BCUT2D eigenvalue weighted by atomic mass is 19.3. The molecule has 0 aliphatic carbocycles. The molecule has 3 aromatic carbocycles. The molecule has 0 radical (unpaired) electrons. The third-order valence-corrected chi connectivity index (χ3v) is 9.91. The van der Waals surface area contributed by atoms with Crippen molar-refractivity contribution in [2.24, 2.45) is 0 Å². The minimum Gasteiger partial charge on any atom is -0.431 e. The van der Waals surface area contributed by atoms with Crippen LogP contribution >= 0.6 is 0 Å². The zero-order chi connectivity index (χ0) is 38.9. The number of alkyl halides is 4. The molecule has 1 amide bonds. The Bertz CT molecular complexity index is 1620. The molecule has 1 N–H and O–H groups in total. The molecule has 54 heavy (non-hydrogen) atoms. The zero-order valence-corrected chi connectivity index (χ0v) is 32.0. The molecule has 2 atom stereocenters. The summed E-state index contributed by atoms with van der Waals surface area (Å²) < 4.78 is 59.7. The summed E-state index contributed by atoms with van der Waals surface area (Å²) in [5, 5.41) is 3.56. The van der Waals surface area contributed by atoms with Crippen LogP contribution in [0.2, 0.25) is 0 Å². The third kappa shape index (κ3) is 14.6. The summed E-state index contributed by atoms with van der Waals surface area (Å²) >= 11 is 0. The fourth-order valence-electron chi connectivity index (χ4n) is 7.07. The number of carbonyl (C=O) groups is 1. The van der Waals surface area contributed by atoms with Gasteiger partial charge in [-0.1, -0.05) is 84.0 Å². The number of nitrogens with one attached hydrogen (secondary N) is 1. The van der Waals surface area contributed by atoms with Crippen LogP contribution in [0, 0.1) is 0 Å². The zero-order valence-electron chi connectivity index (χ0n) is 32.0. The number of rotatable bonds is 17. The number of halogens is 4. The van der Waals surface area contributed by atoms with Crippen LogP contribution < -0.4 is 14.8 Å². The molecule has 2 aliphatic rings. The first-order valence-corrected chi connectivity index (χ1v) is 18.9. The van der Waals surface area contributed by atoms with E-state index in [-0.39, 0.29) is 5.56 Å². The minimum atomic E-state index is -3.26. The maximum absolute atomic E-state index is 13.4. The van der Waals surface area contributed by atoms with E-state index >= 15 is 0 Å². The van der Waals surface area contributed by atoms with Crippen molar-refractivity contribution in [2.45, 2.75) is 77.7 Å². The van der Waals surface area contributed by atoms with Crippen LogP contribution in [-0.4, -0.2) is 99.3 Å². The molecule has 0 aromatic heterocycles. The SMILES string of the molecule is C/C(=C\c1ccccc1)CN(CCC1CCCN1C)C(=O)c1ccc(OC(F)F)c(OC(F)F)c1.C/C(=C\c1ccccc1)CNCCC1CCCN1C. The average Bonchev–Trinajstić information content (AvgIpc) is 3.76. The van der Waals surface area contributed by atoms with E-state index in [4.69, 9.17) is 0 Å². The first-order chi connectivity index (χ1) is 26.0. The predicted molar refractivity (Wildman–Crippen MR) is 209 cm³/mol. The summed E-state index contributed by atoms with van der Waals surface area (Å²) in [5.74, 6) is -1.58. The van der Waals surface area contributed by atoms with Crippen LogP contribution in [0.25, 0.3) is 12.2 Å². The first-order valence-electron chi connectivity index (χ1n) is 18.9. The van der Waals surface area contributed by atoms with Gasteiger partial charge in [-0.15, -0.1) is 0 Å². The van der Waals surface area contributed by atoms with Crippen molar-refractivity contribution in [1.29, 1.82) is 0 Å². The third-order valence-electron chi connectivity index (χ3n) is 9.91. The molecule has 5 rings (SSSR count). The van der Waals surface area contributed by atoms with Gasteiger partial charge in [0.25, 0.3) is 5.91 Å². The van der Waals surface area contributed by atoms with Gasteiger partial charge >= 0.3 is 13.2 Å². The molecule has 11 heteroatoms. The van der Waals surface area contributed by atoms with Gasteiger partial charge in [-0.25, -0.2) is 0 Å². The van der Waals surface area contributed by atoms with Gasteiger partial charge in [0.05, 0.1) is 0 Å². The molecule has 2 heterocycles. The maximum atomic E-state index is 13.4. The smallest absolute Gasteiger partial charge is 0.387 e. The molecule has 0 spiro atoms. The monoisotopic (exact) mass is 752 g/mol. The number of likely N-dealkylation sites (tertiary alicyclic amines) is 2. The first kappa shape index (κ1) is 42.6. The molecule has 0 bridgehead atoms. The fourth-order valence-corrected chi connectivity index (χ4v) is 7.07. The molecule has 294 valence electrons. The molecular formula is C43H56F4N4O3. The van der Waals surface area contributed by atoms with Gasteiger partial charge in [0, 0.05) is 37.3 Å². The quantitative estimate of drug-likeness (QED) is 0.110. The van der Waals surface area contributed by atoms with Crippen molar-refractivity contribution in [3.05, 3.63) is 107 Å². The second-order valence-electron chi connectivity index (χ2n) is 14.3. The molecular weight excluding hydrogens is 696 g/mol. The lowest BCUT2D eigenvalue weighted by molar-refractivity contribution is -0.0692. The van der Waals surface area contributed by atoms with Crippen LogP contribution in [0.3, 0.4) is 0 Å². The van der Waals surface area contributed by atoms with Crippen LogP contribution in [0.5, 0.6) is 11.5 Å². The Hall–Kier alpha value is -4.19. The summed E-state index contributed by atoms with van der Waals surface area (Å²) in [7, 11) is 4.30. The second kappa shape index (κ2) is 22.3. The Morgan fingerprint density at radius 3 is 1.85 bits per heavy atom. The molecule has 2 saturated heterocycles. The molecule has 0 saturated carbocycles. The van der Waals surface area contributed by atoms with Gasteiger partial charge in [0.2, 0.25) is 0 Å². The fraction of sp³-hybridized carbons (Fsp3) is 0.465. The summed E-state index contributed by atoms with van der Waals surface area (Å²) in [6, 6.07) is 24.7. The Kier molecular flexibility index (Phi) is 17.5. The highest BCUT2D eigenvalue weighted by Gasteiger charge is 2.25. The number of ether oxygens (including phenoxy) is 2. The summed E-state index contributed by atoms with van der Waals surface area (Å²) in [5.41, 5.74) is 4.66. The number of hydrogen-bond donors (Lipinski definition) is 1. The Balaban J connectivity index is 0.000000287. The van der Waals surface area contributed by atoms with E-state index in [0.29, 0.717) is 19.1 Å². The number of benzene rings is 3.